The Bertz CT molecular complexity index is 731. The van der Waals surface area contributed by atoms with Crippen LogP contribution in [0.5, 0.6) is 5.75 Å². The number of carbonyl (C=O) groups excluding carboxylic acids is 1. The molecule has 0 atom stereocenters. The third-order valence-corrected chi connectivity index (χ3v) is 4.96. The fourth-order valence-corrected chi connectivity index (χ4v) is 3.57. The van der Waals surface area contributed by atoms with Gasteiger partial charge < -0.3 is 14.4 Å². The predicted octanol–water partition coefficient (Wildman–Crippen LogP) is 1.41. The Kier molecular flexibility index (Phi) is 4.91. The first kappa shape index (κ1) is 16.4. The number of amides is 1. The molecule has 8 heteroatoms. The second-order valence-electron chi connectivity index (χ2n) is 6.20. The first-order valence-electron chi connectivity index (χ1n) is 8.41. The van der Waals surface area contributed by atoms with E-state index < -0.39 is 0 Å². The van der Waals surface area contributed by atoms with Crippen molar-refractivity contribution in [2.75, 3.05) is 39.5 Å². The first-order chi connectivity index (χ1) is 12.3. The highest BCUT2D eigenvalue weighted by molar-refractivity contribution is 6.99. The molecule has 2 aliphatic rings. The maximum atomic E-state index is 12.6. The average Bonchev–Trinajstić information content (AvgIpc) is 3.09. The van der Waals surface area contributed by atoms with Crippen LogP contribution in [0.4, 0.5) is 0 Å². The molecule has 0 unspecified atom stereocenters. The zero-order valence-corrected chi connectivity index (χ0v) is 14.7. The van der Waals surface area contributed by atoms with E-state index in [1.807, 2.05) is 6.07 Å². The maximum Gasteiger partial charge on any atom is 0.275 e. The number of hydrogen-bond donors (Lipinski definition) is 0. The average molecular weight is 360 g/mol. The van der Waals surface area contributed by atoms with Crippen molar-refractivity contribution < 1.29 is 14.3 Å². The molecule has 0 N–H and O–H groups in total. The number of hydrogen-bond acceptors (Lipinski definition) is 7. The van der Waals surface area contributed by atoms with E-state index in [2.05, 4.69) is 25.8 Å². The summed E-state index contributed by atoms with van der Waals surface area (Å²) in [5, 5.41) is 0. The minimum atomic E-state index is -0.0937. The molecule has 0 aliphatic carbocycles. The van der Waals surface area contributed by atoms with Crippen LogP contribution in [0.15, 0.2) is 24.4 Å². The summed E-state index contributed by atoms with van der Waals surface area (Å²) >= 11 is 1.05. The Morgan fingerprint density at radius 3 is 2.88 bits per heavy atom. The molecule has 1 aromatic heterocycles. The molecule has 2 aromatic rings. The van der Waals surface area contributed by atoms with Gasteiger partial charge in [0.1, 0.15) is 12.4 Å². The molecule has 3 heterocycles. The van der Waals surface area contributed by atoms with Crippen molar-refractivity contribution in [3.05, 3.63) is 41.2 Å². The smallest absolute Gasteiger partial charge is 0.275 e. The molecule has 1 saturated heterocycles. The van der Waals surface area contributed by atoms with Crippen molar-refractivity contribution in [2.24, 2.45) is 0 Å². The van der Waals surface area contributed by atoms with Crippen LogP contribution in [0, 0.1) is 0 Å². The van der Waals surface area contributed by atoms with Gasteiger partial charge >= 0.3 is 0 Å². The monoisotopic (exact) mass is 360 g/mol. The summed E-state index contributed by atoms with van der Waals surface area (Å²) in [6, 6.07) is 6.27. The van der Waals surface area contributed by atoms with E-state index in [9.17, 15) is 4.79 Å². The van der Waals surface area contributed by atoms with E-state index in [-0.39, 0.29) is 5.91 Å². The molecule has 7 nitrogen and oxygen atoms in total. The Balaban J connectivity index is 1.51. The lowest BCUT2D eigenvalue weighted by atomic mass is 10.1. The summed E-state index contributed by atoms with van der Waals surface area (Å²) in [5.74, 6) is 0.765. The predicted molar refractivity (Wildman–Crippen MR) is 92.7 cm³/mol. The van der Waals surface area contributed by atoms with Crippen LogP contribution < -0.4 is 4.74 Å². The number of rotatable bonds is 3. The first-order valence-corrected chi connectivity index (χ1v) is 9.14. The Hall–Kier alpha value is -2.03. The standard InChI is InChI=1S/C17H20N4O3S/c22-17(15-10-18-25-19-15)21-5-8-24-16-2-1-13(9-14(16)12-21)11-20-3-6-23-7-4-20/h1-2,9-10H,3-8,11-12H2. The van der Waals surface area contributed by atoms with Gasteiger partial charge in [0, 0.05) is 31.7 Å². The number of benzene rings is 1. The molecule has 132 valence electrons. The van der Waals surface area contributed by atoms with Gasteiger partial charge in [-0.2, -0.15) is 8.75 Å². The number of ether oxygens (including phenoxy) is 2. The van der Waals surface area contributed by atoms with E-state index in [1.54, 1.807) is 4.90 Å². The second kappa shape index (κ2) is 7.47. The summed E-state index contributed by atoms with van der Waals surface area (Å²) in [6.07, 6.45) is 1.52. The molecule has 2 aliphatic heterocycles. The lowest BCUT2D eigenvalue weighted by Crippen LogP contribution is -2.35. The second-order valence-corrected chi connectivity index (χ2v) is 6.76. The lowest BCUT2D eigenvalue weighted by Gasteiger charge is -2.27. The van der Waals surface area contributed by atoms with Gasteiger partial charge in [0.25, 0.3) is 5.91 Å². The number of aromatic nitrogens is 2. The molecule has 0 saturated carbocycles. The van der Waals surface area contributed by atoms with Crippen LogP contribution in [-0.4, -0.2) is 63.9 Å². The Morgan fingerprint density at radius 2 is 2.08 bits per heavy atom. The van der Waals surface area contributed by atoms with Gasteiger partial charge in [-0.25, -0.2) is 0 Å². The third-order valence-electron chi connectivity index (χ3n) is 4.48. The number of morpholine rings is 1. The fourth-order valence-electron chi connectivity index (χ4n) is 3.16. The third kappa shape index (κ3) is 3.81. The van der Waals surface area contributed by atoms with Gasteiger partial charge in [-0.05, 0) is 17.7 Å². The van der Waals surface area contributed by atoms with Crippen molar-refractivity contribution in [2.45, 2.75) is 13.1 Å². The zero-order chi connectivity index (χ0) is 17.1. The molecule has 4 rings (SSSR count). The van der Waals surface area contributed by atoms with E-state index in [0.717, 1.165) is 55.9 Å². The molecule has 0 radical (unpaired) electrons. The van der Waals surface area contributed by atoms with Gasteiger partial charge in [-0.3, -0.25) is 9.69 Å². The molecule has 1 aromatic carbocycles. The highest BCUT2D eigenvalue weighted by atomic mass is 32.1. The Labute approximate surface area is 150 Å². The highest BCUT2D eigenvalue weighted by Crippen LogP contribution is 2.26. The van der Waals surface area contributed by atoms with Crippen LogP contribution >= 0.6 is 11.7 Å². The maximum absolute atomic E-state index is 12.6. The summed E-state index contributed by atoms with van der Waals surface area (Å²) in [7, 11) is 0. The molecule has 1 fully saturated rings. The summed E-state index contributed by atoms with van der Waals surface area (Å²) in [4.78, 5) is 16.7. The fraction of sp³-hybridized carbons (Fsp3) is 0.471. The molecule has 1 amide bonds. The zero-order valence-electron chi connectivity index (χ0n) is 13.9. The molecular weight excluding hydrogens is 340 g/mol. The topological polar surface area (TPSA) is 67.8 Å². The van der Waals surface area contributed by atoms with Crippen LogP contribution in [0.3, 0.4) is 0 Å². The lowest BCUT2D eigenvalue weighted by molar-refractivity contribution is 0.0341. The Morgan fingerprint density at radius 1 is 1.20 bits per heavy atom. The number of carbonyl (C=O) groups is 1. The van der Waals surface area contributed by atoms with Gasteiger partial charge in [-0.1, -0.05) is 6.07 Å². The molecule has 0 spiro atoms. The van der Waals surface area contributed by atoms with Crippen molar-refractivity contribution in [1.29, 1.82) is 0 Å². The SMILES string of the molecule is O=C(c1cnsn1)N1CCOc2ccc(CN3CCOCC3)cc2C1. The van der Waals surface area contributed by atoms with Crippen molar-refractivity contribution in [3.63, 3.8) is 0 Å². The van der Waals surface area contributed by atoms with Gasteiger partial charge in [-0.15, -0.1) is 0 Å². The molecule has 25 heavy (non-hydrogen) atoms. The molecule has 0 bridgehead atoms. The highest BCUT2D eigenvalue weighted by Gasteiger charge is 2.23. The summed E-state index contributed by atoms with van der Waals surface area (Å²) in [6.45, 7) is 5.94. The van der Waals surface area contributed by atoms with E-state index >= 15 is 0 Å². The van der Waals surface area contributed by atoms with Gasteiger partial charge in [0.05, 0.1) is 37.7 Å². The van der Waals surface area contributed by atoms with Crippen molar-refractivity contribution in [3.8, 4) is 5.75 Å². The van der Waals surface area contributed by atoms with E-state index in [1.165, 1.54) is 11.8 Å². The van der Waals surface area contributed by atoms with Crippen molar-refractivity contribution >= 4 is 17.6 Å². The van der Waals surface area contributed by atoms with E-state index in [0.29, 0.717) is 25.4 Å². The van der Waals surface area contributed by atoms with Crippen LogP contribution in [0.25, 0.3) is 0 Å². The van der Waals surface area contributed by atoms with Crippen LogP contribution in [0.1, 0.15) is 21.6 Å². The number of fused-ring (bicyclic) bond motifs is 1. The summed E-state index contributed by atoms with van der Waals surface area (Å²) < 4.78 is 19.2. The van der Waals surface area contributed by atoms with Gasteiger partial charge in [0.15, 0.2) is 5.69 Å². The minimum absolute atomic E-state index is 0.0937. The molecular formula is C17H20N4O3S. The minimum Gasteiger partial charge on any atom is -0.491 e. The van der Waals surface area contributed by atoms with E-state index in [4.69, 9.17) is 9.47 Å². The number of nitrogens with zero attached hydrogens (tertiary/aromatic N) is 4. The van der Waals surface area contributed by atoms with Gasteiger partial charge in [0.2, 0.25) is 0 Å². The van der Waals surface area contributed by atoms with Crippen molar-refractivity contribution in [1.82, 2.24) is 18.5 Å². The summed E-state index contributed by atoms with van der Waals surface area (Å²) in [5.41, 5.74) is 2.67. The van der Waals surface area contributed by atoms with Crippen LogP contribution in [0.2, 0.25) is 0 Å². The van der Waals surface area contributed by atoms with Crippen LogP contribution in [-0.2, 0) is 17.8 Å². The normalized spacial score (nSPS) is 18.3. The quantitative estimate of drug-likeness (QED) is 0.824. The largest absolute Gasteiger partial charge is 0.491 e.